The molecule has 1 fully saturated rings. The van der Waals surface area contributed by atoms with E-state index < -0.39 is 0 Å². The smallest absolute Gasteiger partial charge is 0.248 e. The number of nitriles is 1. The largest absolute Gasteiger partial charge is 0.494 e. The summed E-state index contributed by atoms with van der Waals surface area (Å²) in [5, 5.41) is 19.9. The number of hydrogen-bond donors (Lipinski definition) is 3. The summed E-state index contributed by atoms with van der Waals surface area (Å²) in [4.78, 5) is 17.1. The van der Waals surface area contributed by atoms with E-state index in [1.165, 1.54) is 6.20 Å². The highest BCUT2D eigenvalue weighted by Gasteiger charge is 2.15. The van der Waals surface area contributed by atoms with Crippen LogP contribution in [0.25, 0.3) is 10.9 Å². The van der Waals surface area contributed by atoms with Gasteiger partial charge in [0, 0.05) is 33.9 Å². The summed E-state index contributed by atoms with van der Waals surface area (Å²) in [5.41, 5.74) is 4.12. The summed E-state index contributed by atoms with van der Waals surface area (Å²) in [6.45, 7) is 1.76. The third-order valence-electron chi connectivity index (χ3n) is 5.24. The van der Waals surface area contributed by atoms with Crippen molar-refractivity contribution in [1.29, 1.82) is 5.26 Å². The summed E-state index contributed by atoms with van der Waals surface area (Å²) in [5.74, 6) is 0.297. The molecule has 1 aliphatic heterocycles. The first-order valence-corrected chi connectivity index (χ1v) is 11.0. The molecule has 7 nitrogen and oxygen atoms in total. The number of fused-ring (bicyclic) bond motifs is 1. The van der Waals surface area contributed by atoms with Gasteiger partial charge in [0.25, 0.3) is 0 Å². The minimum Gasteiger partial charge on any atom is -0.494 e. The zero-order valence-electron chi connectivity index (χ0n) is 17.5. The maximum atomic E-state index is 12.7. The number of anilines is 3. The van der Waals surface area contributed by atoms with E-state index in [1.54, 1.807) is 25.3 Å². The van der Waals surface area contributed by atoms with E-state index in [4.69, 9.17) is 4.74 Å². The first-order valence-electron chi connectivity index (χ1n) is 10.2. The molecule has 162 valence electrons. The number of ether oxygens (including phenoxy) is 1. The number of pyridine rings is 1. The topological polar surface area (TPSA) is 99.1 Å². The number of methoxy groups -OCH3 is 1. The van der Waals surface area contributed by atoms with E-state index in [1.807, 2.05) is 24.3 Å². The second kappa shape index (κ2) is 9.81. The van der Waals surface area contributed by atoms with Crippen molar-refractivity contribution in [3.8, 4) is 11.8 Å². The van der Waals surface area contributed by atoms with Gasteiger partial charge in [-0.3, -0.25) is 9.78 Å². The second-order valence-electron chi connectivity index (χ2n) is 7.41. The number of rotatable bonds is 5. The molecule has 3 aromatic rings. The first kappa shape index (κ1) is 21.8. The zero-order chi connectivity index (χ0) is 22.5. The molecule has 2 heterocycles. The Bertz CT molecular complexity index is 1240. The molecule has 4 rings (SSSR count). The number of carbonyl (C=O) groups is 1. The van der Waals surface area contributed by atoms with Crippen LogP contribution in [0.15, 0.2) is 58.7 Å². The molecule has 0 atom stereocenters. The normalized spacial score (nSPS) is 13.3. The Morgan fingerprint density at radius 1 is 1.28 bits per heavy atom. The minimum atomic E-state index is -0.203. The predicted octanol–water partition coefficient (Wildman–Crippen LogP) is 4.87. The first-order chi connectivity index (χ1) is 15.6. The summed E-state index contributed by atoms with van der Waals surface area (Å²) < 4.78 is 6.41. The highest BCUT2D eigenvalue weighted by Crippen LogP contribution is 2.36. The zero-order valence-corrected chi connectivity index (χ0v) is 19.1. The van der Waals surface area contributed by atoms with Crippen molar-refractivity contribution in [3.05, 3.63) is 64.3 Å². The lowest BCUT2D eigenvalue weighted by atomic mass is 10.0. The Morgan fingerprint density at radius 3 is 2.81 bits per heavy atom. The fourth-order valence-electron chi connectivity index (χ4n) is 3.66. The number of nitrogens with zero attached hydrogens (tertiary/aromatic N) is 2. The third-order valence-corrected chi connectivity index (χ3v) is 5.74. The summed E-state index contributed by atoms with van der Waals surface area (Å²) in [6, 6.07) is 13.4. The Labute approximate surface area is 194 Å². The van der Waals surface area contributed by atoms with Crippen LogP contribution in [0.5, 0.6) is 5.75 Å². The molecule has 0 unspecified atom stereocenters. The van der Waals surface area contributed by atoms with Gasteiger partial charge in [-0.25, -0.2) is 0 Å². The molecule has 8 heteroatoms. The van der Waals surface area contributed by atoms with Gasteiger partial charge in [-0.15, -0.1) is 0 Å². The minimum absolute atomic E-state index is 0.203. The Morgan fingerprint density at radius 2 is 2.09 bits per heavy atom. The number of halogens is 1. The van der Waals surface area contributed by atoms with Gasteiger partial charge < -0.3 is 20.7 Å². The van der Waals surface area contributed by atoms with Crippen LogP contribution in [0, 0.1) is 11.3 Å². The lowest BCUT2D eigenvalue weighted by molar-refractivity contribution is -0.112. The monoisotopic (exact) mass is 491 g/mol. The molecule has 3 N–H and O–H groups in total. The van der Waals surface area contributed by atoms with E-state index in [9.17, 15) is 10.1 Å². The average molecular weight is 492 g/mol. The van der Waals surface area contributed by atoms with Gasteiger partial charge in [-0.2, -0.15) is 5.26 Å². The van der Waals surface area contributed by atoms with Crippen molar-refractivity contribution in [2.45, 2.75) is 12.8 Å². The van der Waals surface area contributed by atoms with Crippen LogP contribution in [0.2, 0.25) is 0 Å². The molecular formula is C24H22BrN5O2. The van der Waals surface area contributed by atoms with Gasteiger partial charge in [-0.1, -0.05) is 27.6 Å². The molecule has 0 bridgehead atoms. The van der Waals surface area contributed by atoms with Gasteiger partial charge in [0.05, 0.1) is 29.6 Å². The fourth-order valence-corrected chi connectivity index (χ4v) is 4.06. The Hall–Kier alpha value is -3.41. The van der Waals surface area contributed by atoms with Gasteiger partial charge in [0.15, 0.2) is 0 Å². The highest BCUT2D eigenvalue weighted by atomic mass is 79.9. The SMILES string of the molecule is COc1cc2ncc(C#N)c(Nc3cccc(Br)c3)c2cc1NC(=O)C=C1CCNCC1. The number of hydrogen-bond acceptors (Lipinski definition) is 6. The summed E-state index contributed by atoms with van der Waals surface area (Å²) in [7, 11) is 1.55. The molecule has 1 saturated heterocycles. The lowest BCUT2D eigenvalue weighted by Crippen LogP contribution is -2.24. The van der Waals surface area contributed by atoms with Crippen molar-refractivity contribution in [3.63, 3.8) is 0 Å². The third kappa shape index (κ3) is 4.90. The average Bonchev–Trinajstić information content (AvgIpc) is 2.79. The van der Waals surface area contributed by atoms with Crippen molar-refractivity contribution in [2.75, 3.05) is 30.8 Å². The lowest BCUT2D eigenvalue weighted by Gasteiger charge is -2.16. The molecule has 1 aliphatic rings. The Kier molecular flexibility index (Phi) is 6.69. The molecule has 0 radical (unpaired) electrons. The summed E-state index contributed by atoms with van der Waals surface area (Å²) in [6.07, 6.45) is 4.91. The maximum Gasteiger partial charge on any atom is 0.248 e. The van der Waals surface area contributed by atoms with Crippen molar-refractivity contribution in [2.24, 2.45) is 0 Å². The molecule has 0 aliphatic carbocycles. The van der Waals surface area contributed by atoms with E-state index in [0.717, 1.165) is 41.7 Å². The predicted molar refractivity (Wildman–Crippen MR) is 129 cm³/mol. The number of aromatic nitrogens is 1. The number of nitrogens with one attached hydrogen (secondary N) is 3. The molecule has 0 spiro atoms. The van der Waals surface area contributed by atoms with Crippen LogP contribution >= 0.6 is 15.9 Å². The molecule has 1 amide bonds. The van der Waals surface area contributed by atoms with Gasteiger partial charge >= 0.3 is 0 Å². The number of carbonyl (C=O) groups excluding carboxylic acids is 1. The van der Waals surface area contributed by atoms with Gasteiger partial charge in [0.2, 0.25) is 5.91 Å². The number of benzene rings is 2. The van der Waals surface area contributed by atoms with E-state index in [-0.39, 0.29) is 5.91 Å². The van der Waals surface area contributed by atoms with E-state index in [2.05, 4.69) is 42.9 Å². The van der Waals surface area contributed by atoms with E-state index >= 15 is 0 Å². The Balaban J connectivity index is 1.74. The maximum absolute atomic E-state index is 12.7. The van der Waals surface area contributed by atoms with E-state index in [0.29, 0.717) is 33.6 Å². The second-order valence-corrected chi connectivity index (χ2v) is 8.32. The molecular weight excluding hydrogens is 470 g/mol. The molecule has 2 aromatic carbocycles. The molecule has 0 saturated carbocycles. The van der Waals surface area contributed by atoms with Gasteiger partial charge in [-0.05, 0) is 50.2 Å². The number of amides is 1. The highest BCUT2D eigenvalue weighted by molar-refractivity contribution is 9.10. The van der Waals surface area contributed by atoms with Crippen molar-refractivity contribution in [1.82, 2.24) is 10.3 Å². The quantitative estimate of drug-likeness (QED) is 0.440. The van der Waals surface area contributed by atoms with Crippen LogP contribution in [-0.2, 0) is 4.79 Å². The molecule has 32 heavy (non-hydrogen) atoms. The van der Waals surface area contributed by atoms with Crippen LogP contribution in [0.4, 0.5) is 17.1 Å². The van der Waals surface area contributed by atoms with Crippen LogP contribution in [0.3, 0.4) is 0 Å². The van der Waals surface area contributed by atoms with Crippen LogP contribution < -0.4 is 20.7 Å². The van der Waals surface area contributed by atoms with Gasteiger partial charge in [0.1, 0.15) is 11.8 Å². The van der Waals surface area contributed by atoms with Crippen LogP contribution in [-0.4, -0.2) is 31.1 Å². The molecule has 1 aromatic heterocycles. The fraction of sp³-hybridized carbons (Fsp3) is 0.208. The van der Waals surface area contributed by atoms with Crippen molar-refractivity contribution >= 4 is 49.8 Å². The van der Waals surface area contributed by atoms with Crippen molar-refractivity contribution < 1.29 is 9.53 Å². The summed E-state index contributed by atoms with van der Waals surface area (Å²) >= 11 is 3.47. The number of piperidine rings is 1. The van der Waals surface area contributed by atoms with Crippen LogP contribution in [0.1, 0.15) is 18.4 Å². The standard InChI is InChI=1S/C24H22BrN5O2/c1-32-22-12-20-19(11-21(22)30-23(31)9-15-5-7-27-8-6-15)24(16(13-26)14-28-20)29-18-4-2-3-17(25)10-18/h2-4,9-12,14,27H,5-8H2,1H3,(H,28,29)(H,30,31).